The average molecular weight is 346 g/mol. The van der Waals surface area contributed by atoms with Gasteiger partial charge in [-0.1, -0.05) is 0 Å². The zero-order valence-corrected chi connectivity index (χ0v) is 13.7. The molecule has 0 aromatic carbocycles. The Morgan fingerprint density at radius 1 is 1.50 bits per heavy atom. The quantitative estimate of drug-likeness (QED) is 0.739. The molecule has 7 nitrogen and oxygen atoms in total. The number of nitrogens with zero attached hydrogens (tertiary/aromatic N) is 3. The first kappa shape index (κ1) is 16.1. The van der Waals surface area contributed by atoms with Crippen LogP contribution in [0.5, 0.6) is 0 Å². The Morgan fingerprint density at radius 2 is 2.25 bits per heavy atom. The van der Waals surface area contributed by atoms with E-state index in [0.717, 1.165) is 24.6 Å². The van der Waals surface area contributed by atoms with Crippen molar-refractivity contribution in [1.29, 1.82) is 5.26 Å². The predicted octanol–water partition coefficient (Wildman–Crippen LogP) is 2.28. The number of hydrogen-bond acceptors (Lipinski definition) is 7. The molecule has 0 bridgehead atoms. The first-order valence-electron chi connectivity index (χ1n) is 7.34. The molecule has 1 fully saturated rings. The highest BCUT2D eigenvalue weighted by Gasteiger charge is 2.35. The van der Waals surface area contributed by atoms with Crippen molar-refractivity contribution in [3.05, 3.63) is 29.2 Å². The van der Waals surface area contributed by atoms with Gasteiger partial charge in [0.15, 0.2) is 17.5 Å². The van der Waals surface area contributed by atoms with Gasteiger partial charge in [0.1, 0.15) is 17.1 Å². The standard InChI is InChI=1S/C15H15FN6OS/c1-7-4-11(24-22-7)19-14-9(6-17)5-10(16)15(21-14)20-12(13(18)23)8-2-3-8/h4-5,8,12H,2-3H2,1H3,(H2,18,23)(H2,19,20,21). The third-order valence-corrected chi connectivity index (χ3v) is 4.45. The van der Waals surface area contributed by atoms with E-state index in [0.29, 0.717) is 5.00 Å². The molecule has 9 heteroatoms. The summed E-state index contributed by atoms with van der Waals surface area (Å²) in [5.41, 5.74) is 6.25. The maximum atomic E-state index is 14.2. The zero-order chi connectivity index (χ0) is 17.3. The number of nitrogens with two attached hydrogens (primary N) is 1. The average Bonchev–Trinajstić information content (AvgIpc) is 3.29. The van der Waals surface area contributed by atoms with Crippen molar-refractivity contribution in [2.75, 3.05) is 10.6 Å². The Morgan fingerprint density at radius 3 is 2.79 bits per heavy atom. The Kier molecular flexibility index (Phi) is 4.31. The lowest BCUT2D eigenvalue weighted by Crippen LogP contribution is -2.37. The van der Waals surface area contributed by atoms with Gasteiger partial charge in [0.25, 0.3) is 0 Å². The summed E-state index contributed by atoms with van der Waals surface area (Å²) in [5.74, 6) is -1.06. The maximum absolute atomic E-state index is 14.2. The van der Waals surface area contributed by atoms with Gasteiger partial charge < -0.3 is 16.4 Å². The fourth-order valence-electron chi connectivity index (χ4n) is 2.31. The van der Waals surface area contributed by atoms with E-state index in [2.05, 4.69) is 20.0 Å². The van der Waals surface area contributed by atoms with E-state index < -0.39 is 17.8 Å². The van der Waals surface area contributed by atoms with Crippen LogP contribution in [-0.2, 0) is 4.79 Å². The van der Waals surface area contributed by atoms with Gasteiger partial charge >= 0.3 is 0 Å². The van der Waals surface area contributed by atoms with Crippen molar-refractivity contribution in [1.82, 2.24) is 9.36 Å². The van der Waals surface area contributed by atoms with Gasteiger partial charge in [-0.15, -0.1) is 0 Å². The van der Waals surface area contributed by atoms with Gasteiger partial charge in [0, 0.05) is 0 Å². The molecule has 0 spiro atoms. The van der Waals surface area contributed by atoms with Crippen LogP contribution in [0.15, 0.2) is 12.1 Å². The number of carbonyl (C=O) groups excluding carboxylic acids is 1. The highest BCUT2D eigenvalue weighted by molar-refractivity contribution is 7.10. The highest BCUT2D eigenvalue weighted by atomic mass is 32.1. The van der Waals surface area contributed by atoms with Gasteiger partial charge in [0.05, 0.1) is 11.3 Å². The largest absolute Gasteiger partial charge is 0.368 e. The molecule has 124 valence electrons. The summed E-state index contributed by atoms with van der Waals surface area (Å²) >= 11 is 1.21. The molecular weight excluding hydrogens is 331 g/mol. The number of primary amides is 1. The maximum Gasteiger partial charge on any atom is 0.240 e. The van der Waals surface area contributed by atoms with Crippen molar-refractivity contribution in [3.63, 3.8) is 0 Å². The summed E-state index contributed by atoms with van der Waals surface area (Å²) in [4.78, 5) is 15.7. The molecule has 24 heavy (non-hydrogen) atoms. The predicted molar refractivity (Wildman–Crippen MR) is 88.4 cm³/mol. The van der Waals surface area contributed by atoms with Crippen LogP contribution in [0.1, 0.15) is 24.1 Å². The van der Waals surface area contributed by atoms with Gasteiger partial charge in [-0.3, -0.25) is 4.79 Å². The fraction of sp³-hybridized carbons (Fsp3) is 0.333. The number of nitrogens with one attached hydrogen (secondary N) is 2. The molecule has 1 aliphatic carbocycles. The van der Waals surface area contributed by atoms with Crippen LogP contribution in [-0.4, -0.2) is 21.3 Å². The molecule has 3 rings (SSSR count). The highest BCUT2D eigenvalue weighted by Crippen LogP contribution is 2.35. The lowest BCUT2D eigenvalue weighted by molar-refractivity contribution is -0.119. The number of rotatable bonds is 6. The number of pyridine rings is 1. The molecule has 1 unspecified atom stereocenters. The molecule has 2 aromatic heterocycles. The van der Waals surface area contributed by atoms with Crippen LogP contribution in [0, 0.1) is 30.0 Å². The molecule has 0 saturated heterocycles. The summed E-state index contributed by atoms with van der Waals surface area (Å²) in [7, 11) is 0. The Balaban J connectivity index is 1.90. The number of aromatic nitrogens is 2. The summed E-state index contributed by atoms with van der Waals surface area (Å²) in [6.45, 7) is 1.84. The van der Waals surface area contributed by atoms with Crippen molar-refractivity contribution in [2.45, 2.75) is 25.8 Å². The van der Waals surface area contributed by atoms with E-state index >= 15 is 0 Å². The molecule has 1 amide bonds. The number of anilines is 3. The second-order valence-electron chi connectivity index (χ2n) is 5.65. The number of nitriles is 1. The minimum atomic E-state index is -0.704. The Hall–Kier alpha value is -2.73. The SMILES string of the molecule is Cc1cc(Nc2nc(NC(C(N)=O)C3CC3)c(F)cc2C#N)sn1. The number of halogens is 1. The third-order valence-electron chi connectivity index (χ3n) is 3.66. The topological polar surface area (TPSA) is 117 Å². The number of carbonyl (C=O) groups is 1. The number of amides is 1. The summed E-state index contributed by atoms with van der Waals surface area (Å²) < 4.78 is 18.3. The molecule has 1 atom stereocenters. The smallest absolute Gasteiger partial charge is 0.240 e. The number of aryl methyl sites for hydroxylation is 1. The Labute approximate surface area is 141 Å². The van der Waals surface area contributed by atoms with Crippen LogP contribution in [0.3, 0.4) is 0 Å². The molecule has 1 saturated carbocycles. The summed E-state index contributed by atoms with van der Waals surface area (Å²) in [5, 5.41) is 15.6. The molecule has 0 aliphatic heterocycles. The molecule has 2 heterocycles. The van der Waals surface area contributed by atoms with Crippen molar-refractivity contribution < 1.29 is 9.18 Å². The van der Waals surface area contributed by atoms with Gasteiger partial charge in [-0.05, 0) is 49.3 Å². The van der Waals surface area contributed by atoms with E-state index in [4.69, 9.17) is 5.73 Å². The number of hydrogen-bond donors (Lipinski definition) is 3. The van der Waals surface area contributed by atoms with Gasteiger partial charge in [0.2, 0.25) is 5.91 Å². The van der Waals surface area contributed by atoms with Crippen LogP contribution in [0.2, 0.25) is 0 Å². The molecular formula is C15H15FN6OS. The van der Waals surface area contributed by atoms with Gasteiger partial charge in [-0.25, -0.2) is 9.37 Å². The lowest BCUT2D eigenvalue weighted by atomic mass is 10.1. The first-order chi connectivity index (χ1) is 11.5. The second kappa shape index (κ2) is 6.41. The second-order valence-corrected chi connectivity index (χ2v) is 6.45. The van der Waals surface area contributed by atoms with Crippen molar-refractivity contribution >= 4 is 34.1 Å². The van der Waals surface area contributed by atoms with Crippen LogP contribution in [0.4, 0.5) is 21.0 Å². The molecule has 4 N–H and O–H groups in total. The van der Waals surface area contributed by atoms with E-state index in [-0.39, 0.29) is 23.1 Å². The van der Waals surface area contributed by atoms with Crippen molar-refractivity contribution in [3.8, 4) is 6.07 Å². The first-order valence-corrected chi connectivity index (χ1v) is 8.12. The monoisotopic (exact) mass is 346 g/mol. The van der Waals surface area contributed by atoms with E-state index in [9.17, 15) is 14.4 Å². The normalized spacial score (nSPS) is 14.7. The van der Waals surface area contributed by atoms with Crippen LogP contribution < -0.4 is 16.4 Å². The zero-order valence-electron chi connectivity index (χ0n) is 12.8. The van der Waals surface area contributed by atoms with Crippen molar-refractivity contribution in [2.24, 2.45) is 11.7 Å². The van der Waals surface area contributed by atoms with E-state index in [1.54, 1.807) is 6.07 Å². The molecule has 1 aliphatic rings. The molecule has 2 aromatic rings. The fourth-order valence-corrected chi connectivity index (χ4v) is 2.97. The van der Waals surface area contributed by atoms with Crippen LogP contribution in [0.25, 0.3) is 0 Å². The lowest BCUT2D eigenvalue weighted by Gasteiger charge is -2.17. The van der Waals surface area contributed by atoms with Crippen LogP contribution >= 0.6 is 11.5 Å². The molecule has 0 radical (unpaired) electrons. The minimum Gasteiger partial charge on any atom is -0.368 e. The van der Waals surface area contributed by atoms with E-state index in [1.807, 2.05) is 13.0 Å². The summed E-state index contributed by atoms with van der Waals surface area (Å²) in [6, 6.07) is 4.11. The Bertz CT molecular complexity index is 826. The van der Waals surface area contributed by atoms with E-state index in [1.165, 1.54) is 11.5 Å². The van der Waals surface area contributed by atoms with Gasteiger partial charge in [-0.2, -0.15) is 9.64 Å². The minimum absolute atomic E-state index is 0.0613. The summed E-state index contributed by atoms with van der Waals surface area (Å²) in [6.07, 6.45) is 1.73. The third kappa shape index (κ3) is 3.44.